The largest absolute Gasteiger partial charge is 0.311 e. The normalized spacial score (nSPS) is 25.5. The van der Waals surface area contributed by atoms with Gasteiger partial charge in [-0.05, 0) is 30.0 Å². The van der Waals surface area contributed by atoms with E-state index in [1.807, 2.05) is 12.1 Å². The molecule has 106 valence electrons. The lowest BCUT2D eigenvalue weighted by atomic mass is 9.83. The molecule has 0 radical (unpaired) electrons. The Morgan fingerprint density at radius 3 is 2.47 bits per heavy atom. The van der Waals surface area contributed by atoms with Gasteiger partial charge in [-0.2, -0.15) is 0 Å². The van der Waals surface area contributed by atoms with Crippen molar-refractivity contribution in [2.75, 3.05) is 13.1 Å². The van der Waals surface area contributed by atoms with Gasteiger partial charge in [-0.3, -0.25) is 4.90 Å². The molecule has 1 heterocycles. The van der Waals surface area contributed by atoms with Gasteiger partial charge in [0.2, 0.25) is 0 Å². The van der Waals surface area contributed by atoms with Crippen LogP contribution in [0.4, 0.5) is 0 Å². The average Bonchev–Trinajstić information content (AvgIpc) is 2.30. The molecule has 0 amide bonds. The highest BCUT2D eigenvalue weighted by Gasteiger charge is 2.34. The number of nitrogens with one attached hydrogen (secondary N) is 1. The zero-order valence-corrected chi connectivity index (χ0v) is 13.2. The van der Waals surface area contributed by atoms with E-state index in [1.165, 1.54) is 5.56 Å². The second kappa shape index (κ2) is 5.82. The van der Waals surface area contributed by atoms with Gasteiger partial charge in [0, 0.05) is 36.7 Å². The highest BCUT2D eigenvalue weighted by Crippen LogP contribution is 2.27. The van der Waals surface area contributed by atoms with E-state index in [9.17, 15) is 0 Å². The zero-order valence-electron chi connectivity index (χ0n) is 12.4. The Bertz CT molecular complexity index is 408. The van der Waals surface area contributed by atoms with Crippen molar-refractivity contribution < 1.29 is 0 Å². The van der Waals surface area contributed by atoms with Gasteiger partial charge in [0.05, 0.1) is 0 Å². The minimum absolute atomic E-state index is 0.291. The molecule has 2 atom stereocenters. The third kappa shape index (κ3) is 3.95. The fraction of sp³-hybridized carbons (Fsp3) is 0.625. The summed E-state index contributed by atoms with van der Waals surface area (Å²) in [7, 11) is 0. The maximum Gasteiger partial charge on any atom is 0.0406 e. The van der Waals surface area contributed by atoms with Crippen molar-refractivity contribution in [1.29, 1.82) is 0 Å². The fourth-order valence-corrected chi connectivity index (χ4v) is 2.96. The van der Waals surface area contributed by atoms with Crippen LogP contribution in [-0.4, -0.2) is 30.1 Å². The molecule has 0 spiro atoms. The summed E-state index contributed by atoms with van der Waals surface area (Å²) in [6, 6.07) is 9.36. The first-order valence-electron chi connectivity index (χ1n) is 7.08. The third-order valence-electron chi connectivity index (χ3n) is 3.91. The van der Waals surface area contributed by atoms with E-state index in [2.05, 4.69) is 50.0 Å². The standard InChI is InChI=1S/C16H25ClN2/c1-12-10-19(15(9-18-12)16(2,3)4)11-13-5-7-14(17)8-6-13/h5-8,12,15,18H,9-11H2,1-4H3. The summed E-state index contributed by atoms with van der Waals surface area (Å²) in [6.07, 6.45) is 0. The van der Waals surface area contributed by atoms with Crippen LogP contribution in [-0.2, 0) is 6.54 Å². The van der Waals surface area contributed by atoms with E-state index < -0.39 is 0 Å². The molecule has 1 aromatic carbocycles. The summed E-state index contributed by atoms with van der Waals surface area (Å²) in [5.74, 6) is 0. The van der Waals surface area contributed by atoms with Crippen LogP contribution in [0.2, 0.25) is 5.02 Å². The molecule has 1 saturated heterocycles. The molecule has 2 nitrogen and oxygen atoms in total. The SMILES string of the molecule is CC1CN(Cc2ccc(Cl)cc2)C(C(C)(C)C)CN1. The zero-order chi connectivity index (χ0) is 14.0. The van der Waals surface area contributed by atoms with Crippen LogP contribution in [0.5, 0.6) is 0 Å². The Morgan fingerprint density at radius 2 is 1.89 bits per heavy atom. The number of benzene rings is 1. The minimum Gasteiger partial charge on any atom is -0.311 e. The van der Waals surface area contributed by atoms with Crippen molar-refractivity contribution in [3.8, 4) is 0 Å². The first kappa shape index (κ1) is 14.8. The van der Waals surface area contributed by atoms with Crippen molar-refractivity contribution in [3.05, 3.63) is 34.9 Å². The predicted octanol–water partition coefficient (Wildman–Crippen LogP) is 3.55. The Morgan fingerprint density at radius 1 is 1.26 bits per heavy atom. The molecule has 2 unspecified atom stereocenters. The van der Waals surface area contributed by atoms with Crippen molar-refractivity contribution >= 4 is 11.6 Å². The Hall–Kier alpha value is -0.570. The van der Waals surface area contributed by atoms with Crippen LogP contribution in [0.15, 0.2) is 24.3 Å². The average molecular weight is 281 g/mol. The first-order chi connectivity index (χ1) is 8.86. The molecule has 19 heavy (non-hydrogen) atoms. The van der Waals surface area contributed by atoms with E-state index >= 15 is 0 Å². The number of piperazine rings is 1. The molecule has 0 bridgehead atoms. The van der Waals surface area contributed by atoms with Gasteiger partial charge in [-0.1, -0.05) is 44.5 Å². The monoisotopic (exact) mass is 280 g/mol. The molecule has 1 fully saturated rings. The van der Waals surface area contributed by atoms with Gasteiger partial charge in [0.1, 0.15) is 0 Å². The topological polar surface area (TPSA) is 15.3 Å². The second-order valence-corrected chi connectivity index (χ2v) is 7.18. The first-order valence-corrected chi connectivity index (χ1v) is 7.46. The molecule has 0 saturated carbocycles. The summed E-state index contributed by atoms with van der Waals surface area (Å²) in [5.41, 5.74) is 1.63. The fourth-order valence-electron chi connectivity index (χ4n) is 2.84. The summed E-state index contributed by atoms with van der Waals surface area (Å²) in [5, 5.41) is 4.41. The van der Waals surface area contributed by atoms with E-state index in [0.29, 0.717) is 17.5 Å². The number of rotatable bonds is 2. The molecule has 1 aromatic rings. The maximum absolute atomic E-state index is 5.96. The third-order valence-corrected chi connectivity index (χ3v) is 4.16. The molecule has 0 aliphatic carbocycles. The van der Waals surface area contributed by atoms with Gasteiger partial charge in [0.25, 0.3) is 0 Å². The van der Waals surface area contributed by atoms with E-state index in [-0.39, 0.29) is 0 Å². The summed E-state index contributed by atoms with van der Waals surface area (Å²) in [4.78, 5) is 2.60. The molecular weight excluding hydrogens is 256 g/mol. The van der Waals surface area contributed by atoms with Crippen LogP contribution >= 0.6 is 11.6 Å². The van der Waals surface area contributed by atoms with Crippen LogP contribution in [0.3, 0.4) is 0 Å². The quantitative estimate of drug-likeness (QED) is 0.891. The van der Waals surface area contributed by atoms with Gasteiger partial charge in [-0.25, -0.2) is 0 Å². The van der Waals surface area contributed by atoms with Crippen LogP contribution in [0.25, 0.3) is 0 Å². The smallest absolute Gasteiger partial charge is 0.0406 e. The van der Waals surface area contributed by atoms with E-state index in [1.54, 1.807) is 0 Å². The lowest BCUT2D eigenvalue weighted by Gasteiger charge is -2.46. The molecule has 0 aromatic heterocycles. The highest BCUT2D eigenvalue weighted by molar-refractivity contribution is 6.30. The lowest BCUT2D eigenvalue weighted by molar-refractivity contribution is 0.0526. The molecule has 2 rings (SSSR count). The lowest BCUT2D eigenvalue weighted by Crippen LogP contribution is -2.59. The molecule has 3 heteroatoms. The van der Waals surface area contributed by atoms with Crippen LogP contribution in [0, 0.1) is 5.41 Å². The molecular formula is C16H25ClN2. The molecule has 1 aliphatic rings. The maximum atomic E-state index is 5.96. The van der Waals surface area contributed by atoms with Crippen molar-refractivity contribution in [1.82, 2.24) is 10.2 Å². The minimum atomic E-state index is 0.291. The summed E-state index contributed by atoms with van der Waals surface area (Å²) >= 11 is 5.96. The summed E-state index contributed by atoms with van der Waals surface area (Å²) in [6.45, 7) is 12.4. The van der Waals surface area contributed by atoms with Gasteiger partial charge in [0.15, 0.2) is 0 Å². The Labute approximate surface area is 122 Å². The van der Waals surface area contributed by atoms with Crippen LogP contribution in [0.1, 0.15) is 33.3 Å². The van der Waals surface area contributed by atoms with Crippen molar-refractivity contribution in [2.24, 2.45) is 5.41 Å². The molecule has 1 N–H and O–H groups in total. The Balaban J connectivity index is 2.12. The van der Waals surface area contributed by atoms with Crippen molar-refractivity contribution in [3.63, 3.8) is 0 Å². The number of nitrogens with zero attached hydrogens (tertiary/aromatic N) is 1. The van der Waals surface area contributed by atoms with Crippen molar-refractivity contribution in [2.45, 2.75) is 46.3 Å². The van der Waals surface area contributed by atoms with E-state index in [4.69, 9.17) is 11.6 Å². The number of halogens is 1. The van der Waals surface area contributed by atoms with Gasteiger partial charge >= 0.3 is 0 Å². The molecule has 1 aliphatic heterocycles. The highest BCUT2D eigenvalue weighted by atomic mass is 35.5. The summed E-state index contributed by atoms with van der Waals surface area (Å²) < 4.78 is 0. The Kier molecular flexibility index (Phi) is 4.54. The number of hydrogen-bond donors (Lipinski definition) is 1. The van der Waals surface area contributed by atoms with Gasteiger partial charge < -0.3 is 5.32 Å². The second-order valence-electron chi connectivity index (χ2n) is 6.75. The van der Waals surface area contributed by atoms with Crippen LogP contribution < -0.4 is 5.32 Å². The van der Waals surface area contributed by atoms with Gasteiger partial charge in [-0.15, -0.1) is 0 Å². The predicted molar refractivity (Wildman–Crippen MR) is 82.6 cm³/mol. The van der Waals surface area contributed by atoms with E-state index in [0.717, 1.165) is 24.7 Å². The number of hydrogen-bond acceptors (Lipinski definition) is 2.